The third kappa shape index (κ3) is 5.20. The summed E-state index contributed by atoms with van der Waals surface area (Å²) in [5.41, 5.74) is 11.3. The summed E-state index contributed by atoms with van der Waals surface area (Å²) in [6.45, 7) is 2.79. The molecule has 7 atom stereocenters. The monoisotopic (exact) mass is 555 g/mol. The summed E-state index contributed by atoms with van der Waals surface area (Å²) in [4.78, 5) is 38.0. The van der Waals surface area contributed by atoms with Gasteiger partial charge in [0.2, 0.25) is 5.95 Å². The van der Waals surface area contributed by atoms with Crippen LogP contribution in [0.2, 0.25) is 0 Å². The first kappa shape index (κ1) is 26.4. The summed E-state index contributed by atoms with van der Waals surface area (Å²) in [5, 5.41) is 22.9. The predicted molar refractivity (Wildman–Crippen MR) is 127 cm³/mol. The number of nitrogens with zero attached hydrogens (tertiary/aromatic N) is 6. The van der Waals surface area contributed by atoms with E-state index in [0.717, 1.165) is 10.9 Å². The number of nitrogens with two attached hydrogens (primary N) is 2. The number of aliphatic hydroxyl groups is 2. The number of fused-ring (bicyclic) bond motifs is 1. The number of rotatable bonds is 8. The highest BCUT2D eigenvalue weighted by molar-refractivity contribution is 7.47. The summed E-state index contributed by atoms with van der Waals surface area (Å²) < 4.78 is 37.1. The quantitative estimate of drug-likeness (QED) is 0.194. The van der Waals surface area contributed by atoms with Gasteiger partial charge in [0.1, 0.15) is 42.8 Å². The molecule has 18 nitrogen and oxygen atoms in total. The molecule has 2 fully saturated rings. The predicted octanol–water partition coefficient (Wildman–Crippen LogP) is -1.93. The number of hydrogen-bond donors (Lipinski definition) is 6. The number of guanidine groups is 1. The topological polar surface area (TPSA) is 257 Å². The van der Waals surface area contributed by atoms with Gasteiger partial charge in [-0.05, 0) is 0 Å². The molecule has 2 aromatic rings. The second-order valence-corrected chi connectivity index (χ2v) is 10.1. The fourth-order valence-electron chi connectivity index (χ4n) is 4.35. The van der Waals surface area contributed by atoms with Crippen LogP contribution in [-0.4, -0.2) is 82.8 Å². The summed E-state index contributed by atoms with van der Waals surface area (Å²) in [6.07, 6.45) is -3.29. The van der Waals surface area contributed by atoms with E-state index in [9.17, 15) is 24.5 Å². The molecule has 0 saturated carbocycles. The summed E-state index contributed by atoms with van der Waals surface area (Å²) >= 11 is 0. The lowest BCUT2D eigenvalue weighted by molar-refractivity contribution is -0.0570. The number of ether oxygens (including phenoxy) is 2. The Kier molecular flexibility index (Phi) is 7.05. The maximum absolute atomic E-state index is 12.7. The number of nitrogens with one attached hydrogen (secondary N) is 1. The Morgan fingerprint density at radius 2 is 1.89 bits per heavy atom. The van der Waals surface area contributed by atoms with Crippen molar-refractivity contribution >= 4 is 31.2 Å². The van der Waals surface area contributed by atoms with Crippen LogP contribution in [0.4, 0.5) is 11.8 Å². The number of imidazole rings is 1. The van der Waals surface area contributed by atoms with Gasteiger partial charge in [-0.1, -0.05) is 6.58 Å². The van der Waals surface area contributed by atoms with Crippen LogP contribution in [0.25, 0.3) is 5.70 Å². The van der Waals surface area contributed by atoms with Crippen molar-refractivity contribution in [2.75, 3.05) is 18.9 Å². The van der Waals surface area contributed by atoms with Gasteiger partial charge >= 0.3 is 13.5 Å². The van der Waals surface area contributed by atoms with Crippen LogP contribution in [0.3, 0.4) is 0 Å². The first-order valence-electron chi connectivity index (χ1n) is 11.4. The van der Waals surface area contributed by atoms with Gasteiger partial charge in [-0.15, -0.1) is 0 Å². The molecule has 8 N–H and O–H groups in total. The molecule has 5 rings (SSSR count). The zero-order valence-electron chi connectivity index (χ0n) is 19.7. The molecule has 5 heterocycles. The van der Waals surface area contributed by atoms with Crippen LogP contribution in [-0.2, 0) is 23.1 Å². The minimum atomic E-state index is -4.71. The average Bonchev–Trinajstić information content (AvgIpc) is 3.54. The number of nitrogen functional groups attached to an aromatic ring is 1. The highest BCUT2D eigenvalue weighted by Crippen LogP contribution is 2.49. The SMILES string of the molecule is C=C1NC(N)=Nc2c1ncn2[C@H]1C[C@@H](OP(=O)(O)OC[C@H]2O[C@@H](n3cnc(N)nc3=O)C[C@H]2O)[C@@H](CO)O1. The molecule has 0 radical (unpaired) electrons. The highest BCUT2D eigenvalue weighted by Gasteiger charge is 2.43. The second kappa shape index (κ2) is 10.2. The standard InChI is InChI=1S/C19H26N9O9P/c1-8-15-16(25-18(21)24-8)27(6-22-15)14-3-10(11(4-29)35-14)37-38(32,33)34-5-12-9(30)2-13(36-12)28-7-23-17(20)26-19(28)31/h6-7,9-14,29-30H,1-5H2,(H,32,33)(H2,20,26,31)(H3,21,24,25)/t9-,10-,11-,12-,13-,14-/m1/s1. The molecule has 2 aromatic heterocycles. The first-order valence-corrected chi connectivity index (χ1v) is 12.9. The molecule has 0 aliphatic carbocycles. The molecule has 0 aromatic carbocycles. The molecule has 3 aliphatic rings. The van der Waals surface area contributed by atoms with E-state index in [1.807, 2.05) is 0 Å². The lowest BCUT2D eigenvalue weighted by atomic mass is 10.2. The van der Waals surface area contributed by atoms with Crippen molar-refractivity contribution in [1.29, 1.82) is 0 Å². The Hall–Kier alpha value is -3.22. The van der Waals surface area contributed by atoms with Crippen LogP contribution in [0.1, 0.15) is 31.0 Å². The molecule has 206 valence electrons. The van der Waals surface area contributed by atoms with Gasteiger partial charge in [0.15, 0.2) is 11.8 Å². The molecule has 38 heavy (non-hydrogen) atoms. The summed E-state index contributed by atoms with van der Waals surface area (Å²) in [5.74, 6) is 0.258. The Morgan fingerprint density at radius 1 is 1.18 bits per heavy atom. The maximum Gasteiger partial charge on any atom is 0.472 e. The lowest BCUT2D eigenvalue weighted by Gasteiger charge is -2.21. The third-order valence-electron chi connectivity index (χ3n) is 6.16. The van der Waals surface area contributed by atoms with Gasteiger partial charge in [0.05, 0.1) is 31.3 Å². The number of aliphatic imine (C=N–C) groups is 1. The minimum absolute atomic E-state index is 0.0211. The highest BCUT2D eigenvalue weighted by atomic mass is 31.2. The summed E-state index contributed by atoms with van der Waals surface area (Å²) in [6, 6.07) is 0. The molecule has 2 saturated heterocycles. The van der Waals surface area contributed by atoms with E-state index in [2.05, 4.69) is 31.8 Å². The zero-order chi connectivity index (χ0) is 27.2. The van der Waals surface area contributed by atoms with Gasteiger partial charge in [0.25, 0.3) is 0 Å². The van der Waals surface area contributed by atoms with E-state index < -0.39 is 63.6 Å². The number of hydrogen-bond acceptors (Lipinski definition) is 15. The Bertz CT molecular complexity index is 1360. The van der Waals surface area contributed by atoms with Crippen molar-refractivity contribution in [2.24, 2.45) is 10.7 Å². The van der Waals surface area contributed by atoms with Gasteiger partial charge in [-0.3, -0.25) is 18.2 Å². The van der Waals surface area contributed by atoms with Crippen LogP contribution >= 0.6 is 7.82 Å². The number of anilines is 1. The van der Waals surface area contributed by atoms with E-state index in [0.29, 0.717) is 17.2 Å². The normalized spacial score (nSPS) is 30.5. The molecule has 0 bridgehead atoms. The zero-order valence-corrected chi connectivity index (χ0v) is 20.6. The van der Waals surface area contributed by atoms with Gasteiger partial charge < -0.3 is 41.4 Å². The maximum atomic E-state index is 12.7. The minimum Gasteiger partial charge on any atom is -0.394 e. The van der Waals surface area contributed by atoms with E-state index in [-0.39, 0.29) is 24.7 Å². The fourth-order valence-corrected chi connectivity index (χ4v) is 5.31. The van der Waals surface area contributed by atoms with Crippen molar-refractivity contribution in [3.05, 3.63) is 35.4 Å². The van der Waals surface area contributed by atoms with Crippen LogP contribution in [0.5, 0.6) is 0 Å². The van der Waals surface area contributed by atoms with Gasteiger partial charge in [-0.25, -0.2) is 19.3 Å². The van der Waals surface area contributed by atoms with Gasteiger partial charge in [0, 0.05) is 12.8 Å². The molecular formula is C19H26N9O9P. The number of phosphoric ester groups is 1. The fraction of sp³-hybridized carbons (Fsp3) is 0.526. The van der Waals surface area contributed by atoms with Crippen molar-refractivity contribution in [1.82, 2.24) is 29.4 Å². The van der Waals surface area contributed by atoms with Crippen LogP contribution in [0, 0.1) is 0 Å². The number of aromatic nitrogens is 5. The largest absolute Gasteiger partial charge is 0.472 e. The van der Waals surface area contributed by atoms with Crippen molar-refractivity contribution in [3.8, 4) is 0 Å². The van der Waals surface area contributed by atoms with Crippen LogP contribution < -0.4 is 22.5 Å². The van der Waals surface area contributed by atoms with Crippen molar-refractivity contribution in [3.63, 3.8) is 0 Å². The van der Waals surface area contributed by atoms with E-state index in [1.165, 1.54) is 6.33 Å². The average molecular weight is 555 g/mol. The molecular weight excluding hydrogens is 529 g/mol. The van der Waals surface area contributed by atoms with E-state index in [4.69, 9.17) is 30.0 Å². The van der Waals surface area contributed by atoms with Gasteiger partial charge in [-0.2, -0.15) is 9.98 Å². The smallest absolute Gasteiger partial charge is 0.394 e. The van der Waals surface area contributed by atoms with Crippen molar-refractivity contribution in [2.45, 2.75) is 49.7 Å². The second-order valence-electron chi connectivity index (χ2n) is 8.72. The summed E-state index contributed by atoms with van der Waals surface area (Å²) in [7, 11) is -4.71. The van der Waals surface area contributed by atoms with Crippen LogP contribution in [0.15, 0.2) is 29.0 Å². The van der Waals surface area contributed by atoms with E-state index in [1.54, 1.807) is 4.57 Å². The Labute approximate surface area is 214 Å². The molecule has 3 aliphatic heterocycles. The molecule has 0 amide bonds. The molecule has 19 heteroatoms. The molecule has 0 spiro atoms. The van der Waals surface area contributed by atoms with Crippen molar-refractivity contribution < 1.29 is 38.2 Å². The third-order valence-corrected chi connectivity index (χ3v) is 7.17. The molecule has 1 unspecified atom stereocenters. The Morgan fingerprint density at radius 3 is 2.63 bits per heavy atom. The number of phosphoric acid groups is 1. The van der Waals surface area contributed by atoms with E-state index >= 15 is 0 Å². The lowest BCUT2D eigenvalue weighted by Crippen LogP contribution is -2.32. The number of aliphatic hydroxyl groups excluding tert-OH is 2. The first-order chi connectivity index (χ1) is 18.0. The Balaban J connectivity index is 1.21.